The fourth-order valence-electron chi connectivity index (χ4n) is 4.32. The van der Waals surface area contributed by atoms with Crippen LogP contribution in [0, 0.1) is 5.92 Å². The summed E-state index contributed by atoms with van der Waals surface area (Å²) in [6, 6.07) is 2.31. The maximum absolute atomic E-state index is 12.8. The first kappa shape index (κ1) is 15.5. The van der Waals surface area contributed by atoms with E-state index in [-0.39, 0.29) is 11.9 Å². The van der Waals surface area contributed by atoms with E-state index in [1.165, 1.54) is 6.33 Å². The van der Waals surface area contributed by atoms with Gasteiger partial charge in [-0.05, 0) is 44.8 Å². The minimum absolute atomic E-state index is 0.136. The zero-order chi connectivity index (χ0) is 17.7. The summed E-state index contributed by atoms with van der Waals surface area (Å²) < 4.78 is 7.14. The SMILES string of the molecule is CC1C(NC(=O)c2cc3c(-n4cncn4)coc3cn2)C2CCN1CC2. The van der Waals surface area contributed by atoms with E-state index >= 15 is 0 Å². The van der Waals surface area contributed by atoms with Crippen LogP contribution in [0.3, 0.4) is 0 Å². The van der Waals surface area contributed by atoms with E-state index in [4.69, 9.17) is 4.42 Å². The van der Waals surface area contributed by atoms with E-state index in [0.717, 1.165) is 37.0 Å². The van der Waals surface area contributed by atoms with Crippen LogP contribution in [0.2, 0.25) is 0 Å². The van der Waals surface area contributed by atoms with E-state index < -0.39 is 0 Å². The fourth-order valence-corrected chi connectivity index (χ4v) is 4.32. The maximum atomic E-state index is 12.8. The van der Waals surface area contributed by atoms with Crippen molar-refractivity contribution in [2.75, 3.05) is 13.1 Å². The number of furan rings is 1. The number of hydrogen-bond acceptors (Lipinski definition) is 6. The molecule has 3 aromatic heterocycles. The van der Waals surface area contributed by atoms with E-state index in [0.29, 0.717) is 23.2 Å². The molecule has 3 aromatic rings. The Balaban J connectivity index is 1.43. The van der Waals surface area contributed by atoms with Crippen molar-refractivity contribution in [3.63, 3.8) is 0 Å². The number of nitrogens with zero attached hydrogens (tertiary/aromatic N) is 5. The lowest BCUT2D eigenvalue weighted by Crippen LogP contribution is -2.62. The quantitative estimate of drug-likeness (QED) is 0.770. The Morgan fingerprint density at radius 3 is 2.92 bits per heavy atom. The lowest BCUT2D eigenvalue weighted by Gasteiger charge is -2.49. The average Bonchev–Trinajstić information content (AvgIpc) is 3.33. The Morgan fingerprint density at radius 2 is 2.19 bits per heavy atom. The van der Waals surface area contributed by atoms with Gasteiger partial charge in [-0.25, -0.2) is 14.6 Å². The summed E-state index contributed by atoms with van der Waals surface area (Å²) in [5, 5.41) is 8.14. The zero-order valence-corrected chi connectivity index (χ0v) is 14.5. The van der Waals surface area contributed by atoms with E-state index in [2.05, 4.69) is 32.2 Å². The van der Waals surface area contributed by atoms with Crippen LogP contribution in [0.5, 0.6) is 0 Å². The lowest BCUT2D eigenvalue weighted by atomic mass is 9.79. The molecule has 6 heterocycles. The largest absolute Gasteiger partial charge is 0.460 e. The molecule has 3 aliphatic heterocycles. The summed E-state index contributed by atoms with van der Waals surface area (Å²) in [6.07, 6.45) is 8.55. The zero-order valence-electron chi connectivity index (χ0n) is 14.5. The highest BCUT2D eigenvalue weighted by molar-refractivity contribution is 5.97. The molecule has 26 heavy (non-hydrogen) atoms. The third-order valence-corrected chi connectivity index (χ3v) is 5.81. The monoisotopic (exact) mass is 352 g/mol. The predicted molar refractivity (Wildman–Crippen MR) is 93.9 cm³/mol. The van der Waals surface area contributed by atoms with Crippen molar-refractivity contribution in [2.45, 2.75) is 31.8 Å². The number of carbonyl (C=O) groups excluding carboxylic acids is 1. The lowest BCUT2D eigenvalue weighted by molar-refractivity contribution is 0.0216. The van der Waals surface area contributed by atoms with Gasteiger partial charge in [-0.15, -0.1) is 0 Å². The highest BCUT2D eigenvalue weighted by atomic mass is 16.3. The molecule has 3 aliphatic rings. The Morgan fingerprint density at radius 1 is 1.35 bits per heavy atom. The molecule has 1 amide bonds. The van der Waals surface area contributed by atoms with Crippen molar-refractivity contribution in [3.8, 4) is 5.69 Å². The van der Waals surface area contributed by atoms with Gasteiger partial charge >= 0.3 is 0 Å². The topological polar surface area (TPSA) is 89.1 Å². The van der Waals surface area contributed by atoms with Crippen LogP contribution in [-0.2, 0) is 0 Å². The normalized spacial score (nSPS) is 27.7. The minimum Gasteiger partial charge on any atom is -0.460 e. The summed E-state index contributed by atoms with van der Waals surface area (Å²) in [4.78, 5) is 23.5. The van der Waals surface area contributed by atoms with Crippen LogP contribution >= 0.6 is 0 Å². The number of hydrogen-bond donors (Lipinski definition) is 1. The van der Waals surface area contributed by atoms with Crippen LogP contribution in [0.15, 0.2) is 35.6 Å². The molecular weight excluding hydrogens is 332 g/mol. The van der Waals surface area contributed by atoms with Crippen molar-refractivity contribution < 1.29 is 9.21 Å². The van der Waals surface area contributed by atoms with Crippen molar-refractivity contribution >= 4 is 16.9 Å². The van der Waals surface area contributed by atoms with Gasteiger partial charge in [-0.3, -0.25) is 9.69 Å². The van der Waals surface area contributed by atoms with Crippen LogP contribution in [0.4, 0.5) is 0 Å². The molecule has 2 bridgehead atoms. The molecule has 3 fully saturated rings. The summed E-state index contributed by atoms with van der Waals surface area (Å²) in [5.41, 5.74) is 1.75. The third-order valence-electron chi connectivity index (χ3n) is 5.81. The first-order valence-electron chi connectivity index (χ1n) is 8.98. The van der Waals surface area contributed by atoms with Gasteiger partial charge in [0.2, 0.25) is 0 Å². The first-order valence-corrected chi connectivity index (χ1v) is 8.98. The molecule has 3 saturated heterocycles. The molecule has 0 aliphatic carbocycles. The molecule has 0 saturated carbocycles. The number of carbonyl (C=O) groups is 1. The molecule has 134 valence electrons. The Bertz CT molecular complexity index is 940. The van der Waals surface area contributed by atoms with Crippen molar-refractivity contribution in [3.05, 3.63) is 36.9 Å². The summed E-state index contributed by atoms with van der Waals surface area (Å²) in [7, 11) is 0. The fraction of sp³-hybridized carbons (Fsp3) is 0.444. The Hall–Kier alpha value is -2.74. The van der Waals surface area contributed by atoms with Gasteiger partial charge < -0.3 is 9.73 Å². The smallest absolute Gasteiger partial charge is 0.270 e. The van der Waals surface area contributed by atoms with Gasteiger partial charge in [0.05, 0.1) is 11.6 Å². The summed E-state index contributed by atoms with van der Waals surface area (Å²) in [6.45, 7) is 4.48. The summed E-state index contributed by atoms with van der Waals surface area (Å²) in [5.74, 6) is 0.422. The van der Waals surface area contributed by atoms with Gasteiger partial charge in [0, 0.05) is 12.1 Å². The predicted octanol–water partition coefficient (Wildman–Crippen LogP) is 1.62. The number of aromatic nitrogens is 4. The van der Waals surface area contributed by atoms with Crippen LogP contribution in [0.1, 0.15) is 30.3 Å². The molecule has 0 radical (unpaired) electrons. The van der Waals surface area contributed by atoms with Crippen LogP contribution < -0.4 is 5.32 Å². The molecule has 8 heteroatoms. The molecule has 2 atom stereocenters. The Labute approximate surface area is 150 Å². The van der Waals surface area contributed by atoms with E-state index in [1.54, 1.807) is 29.5 Å². The second-order valence-corrected chi connectivity index (χ2v) is 7.14. The molecule has 0 aromatic carbocycles. The van der Waals surface area contributed by atoms with Crippen LogP contribution in [0.25, 0.3) is 16.7 Å². The highest BCUT2D eigenvalue weighted by Gasteiger charge is 2.40. The number of piperidine rings is 3. The van der Waals surface area contributed by atoms with Gasteiger partial charge in [-0.1, -0.05) is 0 Å². The second kappa shape index (κ2) is 5.91. The molecule has 8 nitrogen and oxygen atoms in total. The van der Waals surface area contributed by atoms with E-state index in [1.807, 2.05) is 0 Å². The van der Waals surface area contributed by atoms with Gasteiger partial charge in [-0.2, -0.15) is 5.10 Å². The van der Waals surface area contributed by atoms with Gasteiger partial charge in [0.25, 0.3) is 5.91 Å². The standard InChI is InChI=1S/C18H20N6O2/c1-11-17(12-2-4-23(11)5-3-12)22-18(25)14-6-13-15(24-10-19-9-21-24)8-26-16(13)7-20-14/h6-12,17H,2-5H2,1H3,(H,22,25). The maximum Gasteiger partial charge on any atom is 0.270 e. The molecule has 6 rings (SSSR count). The van der Waals surface area contributed by atoms with Crippen LogP contribution in [-0.4, -0.2) is 55.7 Å². The Kier molecular flexibility index (Phi) is 3.53. The third kappa shape index (κ3) is 2.40. The van der Waals surface area contributed by atoms with Gasteiger partial charge in [0.15, 0.2) is 5.58 Å². The number of nitrogens with one attached hydrogen (secondary N) is 1. The first-order chi connectivity index (χ1) is 12.7. The molecule has 0 spiro atoms. The number of fused-ring (bicyclic) bond motifs is 4. The highest BCUT2D eigenvalue weighted by Crippen LogP contribution is 2.32. The van der Waals surface area contributed by atoms with Crippen molar-refractivity contribution in [2.24, 2.45) is 5.92 Å². The number of rotatable bonds is 3. The molecule has 1 N–H and O–H groups in total. The van der Waals surface area contributed by atoms with Crippen molar-refractivity contribution in [1.29, 1.82) is 0 Å². The molecular formula is C18H20N6O2. The second-order valence-electron chi connectivity index (χ2n) is 7.14. The van der Waals surface area contributed by atoms with E-state index in [9.17, 15) is 4.79 Å². The average molecular weight is 352 g/mol. The van der Waals surface area contributed by atoms with Crippen molar-refractivity contribution in [1.82, 2.24) is 30.0 Å². The summed E-state index contributed by atoms with van der Waals surface area (Å²) >= 11 is 0. The number of pyridine rings is 1. The minimum atomic E-state index is -0.136. The number of amides is 1. The van der Waals surface area contributed by atoms with Gasteiger partial charge in [0.1, 0.15) is 30.3 Å². The molecule has 2 unspecified atom stereocenters.